The molecule has 1 aliphatic carbocycles. The zero-order chi connectivity index (χ0) is 13.2. The molecule has 3 N–H and O–H groups in total. The molecule has 1 fully saturated rings. The van der Waals surface area contributed by atoms with Gasteiger partial charge in [0.1, 0.15) is 0 Å². The van der Waals surface area contributed by atoms with Gasteiger partial charge in [-0.25, -0.2) is 0 Å². The molecule has 98 valence electrons. The van der Waals surface area contributed by atoms with Gasteiger partial charge in [-0.15, -0.1) is 0 Å². The minimum atomic E-state index is 0.263. The van der Waals surface area contributed by atoms with Crippen molar-refractivity contribution >= 4 is 17.4 Å². The third-order valence-corrected chi connectivity index (χ3v) is 3.70. The molecule has 3 nitrogen and oxygen atoms in total. The van der Waals surface area contributed by atoms with Crippen LogP contribution in [0.25, 0.3) is 0 Å². The lowest BCUT2D eigenvalue weighted by Gasteiger charge is -2.23. The Kier molecular flexibility index (Phi) is 3.93. The van der Waals surface area contributed by atoms with Crippen molar-refractivity contribution in [3.8, 4) is 0 Å². The normalized spacial score (nSPS) is 16.8. The van der Waals surface area contributed by atoms with E-state index in [1.807, 2.05) is 18.2 Å². The zero-order valence-corrected chi connectivity index (χ0v) is 11.5. The summed E-state index contributed by atoms with van der Waals surface area (Å²) in [6.07, 6.45) is 3.10. The van der Waals surface area contributed by atoms with Crippen LogP contribution in [0, 0.1) is 10.8 Å². The van der Waals surface area contributed by atoms with E-state index in [2.05, 4.69) is 18.0 Å². The van der Waals surface area contributed by atoms with Crippen molar-refractivity contribution in [3.05, 3.63) is 34.9 Å². The summed E-state index contributed by atoms with van der Waals surface area (Å²) in [7, 11) is 2.11. The molecule has 1 aliphatic rings. The van der Waals surface area contributed by atoms with E-state index in [9.17, 15) is 0 Å². The maximum Gasteiger partial charge on any atom is 0.0911 e. The lowest BCUT2D eigenvalue weighted by Crippen LogP contribution is -2.29. The van der Waals surface area contributed by atoms with E-state index in [0.29, 0.717) is 5.84 Å². The smallest absolute Gasteiger partial charge is 0.0911 e. The Hall–Kier alpha value is -1.06. The number of hydrogen-bond donors (Lipinski definition) is 2. The predicted molar refractivity (Wildman–Crippen MR) is 76.0 cm³/mol. The largest absolute Gasteiger partial charge is 0.388 e. The van der Waals surface area contributed by atoms with Gasteiger partial charge in [-0.1, -0.05) is 23.7 Å². The predicted octanol–water partition coefficient (Wildman–Crippen LogP) is 2.88. The molecule has 1 saturated carbocycles. The summed E-state index contributed by atoms with van der Waals surface area (Å²) in [6, 6.07) is 7.96. The van der Waals surface area contributed by atoms with Crippen molar-refractivity contribution in [1.82, 2.24) is 4.90 Å². The van der Waals surface area contributed by atoms with Crippen molar-refractivity contribution in [2.75, 3.05) is 13.6 Å². The highest BCUT2D eigenvalue weighted by atomic mass is 35.5. The molecule has 0 spiro atoms. The average molecular weight is 266 g/mol. The first-order valence-corrected chi connectivity index (χ1v) is 6.63. The van der Waals surface area contributed by atoms with Crippen LogP contribution in [0.4, 0.5) is 0 Å². The first-order chi connectivity index (χ1) is 8.49. The highest BCUT2D eigenvalue weighted by Crippen LogP contribution is 2.49. The summed E-state index contributed by atoms with van der Waals surface area (Å²) in [5, 5.41) is 8.21. The summed E-state index contributed by atoms with van der Waals surface area (Å²) in [5.41, 5.74) is 7.00. The molecule has 0 aliphatic heterocycles. The molecule has 1 aromatic rings. The van der Waals surface area contributed by atoms with Gasteiger partial charge in [0.15, 0.2) is 0 Å². The molecule has 2 rings (SSSR count). The highest BCUT2D eigenvalue weighted by molar-refractivity contribution is 6.30. The zero-order valence-electron chi connectivity index (χ0n) is 10.7. The van der Waals surface area contributed by atoms with Crippen LogP contribution in [0.15, 0.2) is 24.3 Å². The SMILES string of the molecule is CN(Cc1cccc(Cl)c1)CC1(CC(=N)N)CC1. The van der Waals surface area contributed by atoms with E-state index in [-0.39, 0.29) is 5.41 Å². The van der Waals surface area contributed by atoms with Crippen molar-refractivity contribution in [2.45, 2.75) is 25.8 Å². The Bertz CT molecular complexity index is 440. The minimum Gasteiger partial charge on any atom is -0.388 e. The van der Waals surface area contributed by atoms with Crippen LogP contribution in [0.2, 0.25) is 5.02 Å². The Morgan fingerprint density at radius 3 is 2.78 bits per heavy atom. The molecule has 0 atom stereocenters. The van der Waals surface area contributed by atoms with Gasteiger partial charge in [-0.2, -0.15) is 0 Å². The van der Waals surface area contributed by atoms with Gasteiger partial charge in [0.25, 0.3) is 0 Å². The molecule has 0 bridgehead atoms. The molecule has 0 unspecified atom stereocenters. The molecule has 18 heavy (non-hydrogen) atoms. The highest BCUT2D eigenvalue weighted by Gasteiger charge is 2.43. The summed E-state index contributed by atoms with van der Waals surface area (Å²) in [4.78, 5) is 2.29. The van der Waals surface area contributed by atoms with Gasteiger partial charge in [-0.05, 0) is 43.0 Å². The van der Waals surface area contributed by atoms with Gasteiger partial charge in [0, 0.05) is 24.5 Å². The Morgan fingerprint density at radius 1 is 1.50 bits per heavy atom. The van der Waals surface area contributed by atoms with Crippen LogP contribution >= 0.6 is 11.6 Å². The Labute approximate surface area is 113 Å². The lowest BCUT2D eigenvalue weighted by molar-refractivity contribution is 0.259. The molecule has 0 amide bonds. The minimum absolute atomic E-state index is 0.263. The van der Waals surface area contributed by atoms with Crippen LogP contribution < -0.4 is 5.73 Å². The third-order valence-electron chi connectivity index (χ3n) is 3.47. The summed E-state index contributed by atoms with van der Waals surface area (Å²) in [6.45, 7) is 1.89. The van der Waals surface area contributed by atoms with Gasteiger partial charge in [0.2, 0.25) is 0 Å². The first kappa shape index (κ1) is 13.4. The number of nitrogens with zero attached hydrogens (tertiary/aromatic N) is 1. The van der Waals surface area contributed by atoms with Crippen molar-refractivity contribution in [1.29, 1.82) is 5.41 Å². The first-order valence-electron chi connectivity index (χ1n) is 6.25. The van der Waals surface area contributed by atoms with Crippen LogP contribution in [0.1, 0.15) is 24.8 Å². The Balaban J connectivity index is 1.89. The quantitative estimate of drug-likeness (QED) is 0.614. The standard InChI is InChI=1S/C14H20ClN3/c1-18(9-11-3-2-4-12(15)7-11)10-14(5-6-14)8-13(16)17/h2-4,7H,5-6,8-10H2,1H3,(H3,16,17). The number of hydrogen-bond acceptors (Lipinski definition) is 2. The summed E-state index contributed by atoms with van der Waals surface area (Å²) < 4.78 is 0. The number of nitrogens with one attached hydrogen (secondary N) is 1. The third kappa shape index (κ3) is 3.72. The average Bonchev–Trinajstić information content (AvgIpc) is 2.95. The monoisotopic (exact) mass is 265 g/mol. The molecule has 0 radical (unpaired) electrons. The van der Waals surface area contributed by atoms with Gasteiger partial charge < -0.3 is 10.6 Å². The molecule has 0 aromatic heterocycles. The maximum atomic E-state index is 7.43. The molecular formula is C14H20ClN3. The van der Waals surface area contributed by atoms with Crippen LogP contribution in [0.3, 0.4) is 0 Å². The number of benzene rings is 1. The van der Waals surface area contributed by atoms with Gasteiger partial charge in [-0.3, -0.25) is 5.41 Å². The van der Waals surface area contributed by atoms with Crippen LogP contribution in [-0.2, 0) is 6.54 Å². The van der Waals surface area contributed by atoms with Crippen molar-refractivity contribution in [3.63, 3.8) is 0 Å². The Morgan fingerprint density at radius 2 is 2.22 bits per heavy atom. The second kappa shape index (κ2) is 5.29. The fourth-order valence-corrected chi connectivity index (χ4v) is 2.76. The van der Waals surface area contributed by atoms with E-state index >= 15 is 0 Å². The van der Waals surface area contributed by atoms with Gasteiger partial charge >= 0.3 is 0 Å². The fourth-order valence-electron chi connectivity index (χ4n) is 2.55. The molecule has 0 heterocycles. The van der Waals surface area contributed by atoms with Crippen molar-refractivity contribution < 1.29 is 0 Å². The molecule has 1 aromatic carbocycles. The van der Waals surface area contributed by atoms with Crippen LogP contribution in [-0.4, -0.2) is 24.3 Å². The van der Waals surface area contributed by atoms with Gasteiger partial charge in [0.05, 0.1) is 5.84 Å². The number of rotatable bonds is 6. The van der Waals surface area contributed by atoms with E-state index < -0.39 is 0 Å². The van der Waals surface area contributed by atoms with E-state index in [1.54, 1.807) is 0 Å². The number of nitrogens with two attached hydrogens (primary N) is 1. The molecule has 4 heteroatoms. The van der Waals surface area contributed by atoms with E-state index in [4.69, 9.17) is 22.7 Å². The fraction of sp³-hybridized carbons (Fsp3) is 0.500. The maximum absolute atomic E-state index is 7.43. The van der Waals surface area contributed by atoms with E-state index in [0.717, 1.165) is 24.5 Å². The van der Waals surface area contributed by atoms with Crippen LogP contribution in [0.5, 0.6) is 0 Å². The second-order valence-corrected chi connectivity index (χ2v) is 5.94. The molecule has 0 saturated heterocycles. The number of amidine groups is 1. The topological polar surface area (TPSA) is 53.1 Å². The molecular weight excluding hydrogens is 246 g/mol. The second-order valence-electron chi connectivity index (χ2n) is 5.50. The van der Waals surface area contributed by atoms with E-state index in [1.165, 1.54) is 18.4 Å². The van der Waals surface area contributed by atoms with Crippen molar-refractivity contribution in [2.24, 2.45) is 11.1 Å². The lowest BCUT2D eigenvalue weighted by atomic mass is 10.0. The number of halogens is 1. The summed E-state index contributed by atoms with van der Waals surface area (Å²) in [5.74, 6) is 0.309. The summed E-state index contributed by atoms with van der Waals surface area (Å²) >= 11 is 5.98.